The molecule has 142 valence electrons. The maximum atomic E-state index is 12.5. The number of carbonyl (C=O) groups is 2. The number of nitrogens with zero attached hydrogens (tertiary/aromatic N) is 4. The van der Waals surface area contributed by atoms with E-state index in [4.69, 9.17) is 4.52 Å². The number of likely N-dealkylation sites (tertiary alicyclic amines) is 1. The third-order valence-electron chi connectivity index (χ3n) is 4.63. The maximum Gasteiger partial charge on any atom is 0.225 e. The fourth-order valence-electron chi connectivity index (χ4n) is 3.18. The van der Waals surface area contributed by atoms with Gasteiger partial charge in [-0.25, -0.2) is 0 Å². The fourth-order valence-corrected chi connectivity index (χ4v) is 3.18. The van der Waals surface area contributed by atoms with Crippen molar-refractivity contribution >= 4 is 11.8 Å². The van der Waals surface area contributed by atoms with Crippen LogP contribution in [0.3, 0.4) is 0 Å². The number of amides is 2. The van der Waals surface area contributed by atoms with E-state index in [0.29, 0.717) is 24.5 Å². The Kier molecular flexibility index (Phi) is 5.09. The molecule has 1 aliphatic heterocycles. The van der Waals surface area contributed by atoms with Crippen LogP contribution in [-0.4, -0.2) is 38.4 Å². The molecule has 0 unspecified atom stereocenters. The van der Waals surface area contributed by atoms with Crippen LogP contribution in [0.15, 0.2) is 59.6 Å². The monoisotopic (exact) mass is 377 g/mol. The van der Waals surface area contributed by atoms with Gasteiger partial charge in [-0.3, -0.25) is 19.6 Å². The van der Waals surface area contributed by atoms with Gasteiger partial charge in [-0.2, -0.15) is 0 Å². The molecule has 2 amide bonds. The van der Waals surface area contributed by atoms with Gasteiger partial charge in [0, 0.05) is 55.9 Å². The molecular weight excluding hydrogens is 358 g/mol. The van der Waals surface area contributed by atoms with E-state index in [9.17, 15) is 9.59 Å². The first-order valence-corrected chi connectivity index (χ1v) is 8.99. The van der Waals surface area contributed by atoms with Crippen LogP contribution >= 0.6 is 0 Å². The van der Waals surface area contributed by atoms with Crippen molar-refractivity contribution in [3.8, 4) is 11.3 Å². The van der Waals surface area contributed by atoms with Crippen molar-refractivity contribution in [2.24, 2.45) is 5.92 Å². The summed E-state index contributed by atoms with van der Waals surface area (Å²) in [6.45, 7) is 1.09. The van der Waals surface area contributed by atoms with Gasteiger partial charge in [-0.05, 0) is 23.8 Å². The Morgan fingerprint density at radius 3 is 2.79 bits per heavy atom. The SMILES string of the molecule is O=C(NCc1cc(-c2cccnc2)no1)[C@@H]1CC(=O)N(Cc2cccnc2)C1. The molecular formula is C20H19N5O3. The zero-order valence-corrected chi connectivity index (χ0v) is 15.1. The van der Waals surface area contributed by atoms with Crippen molar-refractivity contribution in [1.82, 2.24) is 25.3 Å². The lowest BCUT2D eigenvalue weighted by atomic mass is 10.1. The number of rotatable bonds is 6. The van der Waals surface area contributed by atoms with Gasteiger partial charge in [0.2, 0.25) is 11.8 Å². The van der Waals surface area contributed by atoms with E-state index < -0.39 is 0 Å². The Morgan fingerprint density at radius 1 is 1.21 bits per heavy atom. The predicted octanol–water partition coefficient (Wildman–Crippen LogP) is 1.80. The molecule has 1 aliphatic rings. The molecule has 28 heavy (non-hydrogen) atoms. The lowest BCUT2D eigenvalue weighted by Crippen LogP contribution is -2.32. The second kappa shape index (κ2) is 7.99. The van der Waals surface area contributed by atoms with E-state index >= 15 is 0 Å². The first kappa shape index (κ1) is 17.8. The first-order valence-electron chi connectivity index (χ1n) is 8.99. The lowest BCUT2D eigenvalue weighted by molar-refractivity contribution is -0.129. The Labute approximate surface area is 161 Å². The zero-order valence-electron chi connectivity index (χ0n) is 15.1. The summed E-state index contributed by atoms with van der Waals surface area (Å²) in [5.41, 5.74) is 2.45. The predicted molar refractivity (Wildman–Crippen MR) is 99.3 cm³/mol. The van der Waals surface area contributed by atoms with E-state index in [1.807, 2.05) is 24.3 Å². The van der Waals surface area contributed by atoms with Crippen molar-refractivity contribution in [2.75, 3.05) is 6.54 Å². The Bertz CT molecular complexity index is 958. The minimum Gasteiger partial charge on any atom is -0.359 e. The number of nitrogens with one attached hydrogen (secondary N) is 1. The standard InChI is InChI=1S/C20H19N5O3/c26-19-7-16(13-25(19)12-14-3-1-5-21-9-14)20(27)23-11-17-8-18(24-28-17)15-4-2-6-22-10-15/h1-6,8-10,16H,7,11-13H2,(H,23,27)/t16-/m1/s1. The number of hydrogen-bond donors (Lipinski definition) is 1. The Hall–Kier alpha value is -3.55. The summed E-state index contributed by atoms with van der Waals surface area (Å²) < 4.78 is 5.28. The van der Waals surface area contributed by atoms with Crippen LogP contribution in [0.1, 0.15) is 17.7 Å². The smallest absolute Gasteiger partial charge is 0.225 e. The third-order valence-corrected chi connectivity index (χ3v) is 4.63. The van der Waals surface area contributed by atoms with Gasteiger partial charge in [0.05, 0.1) is 12.5 Å². The molecule has 0 aliphatic carbocycles. The molecule has 0 spiro atoms. The second-order valence-electron chi connectivity index (χ2n) is 6.67. The van der Waals surface area contributed by atoms with Crippen LogP contribution in [0.25, 0.3) is 11.3 Å². The number of carbonyl (C=O) groups excluding carboxylic acids is 2. The average molecular weight is 377 g/mol. The van der Waals surface area contributed by atoms with Gasteiger partial charge in [-0.15, -0.1) is 0 Å². The minimum absolute atomic E-state index is 0.0254. The van der Waals surface area contributed by atoms with Crippen LogP contribution in [0.5, 0.6) is 0 Å². The van der Waals surface area contributed by atoms with Crippen molar-refractivity contribution in [3.05, 3.63) is 66.4 Å². The molecule has 4 rings (SSSR count). The quantitative estimate of drug-likeness (QED) is 0.703. The van der Waals surface area contributed by atoms with E-state index in [2.05, 4.69) is 20.4 Å². The van der Waals surface area contributed by atoms with Crippen LogP contribution < -0.4 is 5.32 Å². The third kappa shape index (κ3) is 4.06. The molecule has 0 bridgehead atoms. The van der Waals surface area contributed by atoms with Crippen LogP contribution in [0.4, 0.5) is 0 Å². The highest BCUT2D eigenvalue weighted by Crippen LogP contribution is 2.21. The highest BCUT2D eigenvalue weighted by Gasteiger charge is 2.34. The zero-order chi connectivity index (χ0) is 19.3. The molecule has 3 aromatic rings. The summed E-state index contributed by atoms with van der Waals surface area (Å²) in [7, 11) is 0. The lowest BCUT2D eigenvalue weighted by Gasteiger charge is -2.16. The van der Waals surface area contributed by atoms with E-state index in [-0.39, 0.29) is 30.7 Å². The largest absolute Gasteiger partial charge is 0.359 e. The summed E-state index contributed by atoms with van der Waals surface area (Å²) in [6, 6.07) is 9.22. The van der Waals surface area contributed by atoms with E-state index in [1.165, 1.54) is 0 Å². The number of aromatic nitrogens is 3. The Balaban J connectivity index is 1.31. The van der Waals surface area contributed by atoms with Crippen molar-refractivity contribution in [1.29, 1.82) is 0 Å². The van der Waals surface area contributed by atoms with E-state index in [0.717, 1.165) is 11.1 Å². The summed E-state index contributed by atoms with van der Waals surface area (Å²) in [4.78, 5) is 34.5. The molecule has 1 fully saturated rings. The summed E-state index contributed by atoms with van der Waals surface area (Å²) in [5, 5.41) is 6.83. The first-order chi connectivity index (χ1) is 13.7. The summed E-state index contributed by atoms with van der Waals surface area (Å²) in [6.07, 6.45) is 7.01. The normalized spacial score (nSPS) is 16.4. The van der Waals surface area contributed by atoms with Crippen LogP contribution in [0, 0.1) is 5.92 Å². The highest BCUT2D eigenvalue weighted by atomic mass is 16.5. The van der Waals surface area contributed by atoms with Crippen molar-refractivity contribution in [3.63, 3.8) is 0 Å². The van der Waals surface area contributed by atoms with E-state index in [1.54, 1.807) is 35.8 Å². The molecule has 1 saturated heterocycles. The van der Waals surface area contributed by atoms with Crippen LogP contribution in [0.2, 0.25) is 0 Å². The molecule has 8 heteroatoms. The van der Waals surface area contributed by atoms with Gasteiger partial charge in [0.15, 0.2) is 5.76 Å². The minimum atomic E-state index is -0.370. The van der Waals surface area contributed by atoms with Gasteiger partial charge in [-0.1, -0.05) is 11.2 Å². The van der Waals surface area contributed by atoms with Gasteiger partial charge < -0.3 is 14.7 Å². The molecule has 0 saturated carbocycles. The van der Waals surface area contributed by atoms with Gasteiger partial charge in [0.1, 0.15) is 5.69 Å². The highest BCUT2D eigenvalue weighted by molar-refractivity contribution is 5.89. The molecule has 4 heterocycles. The topological polar surface area (TPSA) is 101 Å². The second-order valence-corrected chi connectivity index (χ2v) is 6.67. The van der Waals surface area contributed by atoms with Gasteiger partial charge in [0.25, 0.3) is 0 Å². The molecule has 0 radical (unpaired) electrons. The van der Waals surface area contributed by atoms with Crippen molar-refractivity contribution in [2.45, 2.75) is 19.5 Å². The number of hydrogen-bond acceptors (Lipinski definition) is 6. The molecule has 1 N–H and O–H groups in total. The van der Waals surface area contributed by atoms with Crippen LogP contribution in [-0.2, 0) is 22.7 Å². The Morgan fingerprint density at radius 2 is 2.04 bits per heavy atom. The number of pyridine rings is 2. The average Bonchev–Trinajstić information content (AvgIpc) is 3.35. The van der Waals surface area contributed by atoms with Gasteiger partial charge >= 0.3 is 0 Å². The molecule has 1 atom stereocenters. The molecule has 3 aromatic heterocycles. The molecule has 8 nitrogen and oxygen atoms in total. The van der Waals surface area contributed by atoms with Crippen molar-refractivity contribution < 1.29 is 14.1 Å². The molecule has 0 aromatic carbocycles. The maximum absolute atomic E-state index is 12.5. The summed E-state index contributed by atoms with van der Waals surface area (Å²) in [5.74, 6) is -0.0162. The summed E-state index contributed by atoms with van der Waals surface area (Å²) >= 11 is 0. The fraction of sp³-hybridized carbons (Fsp3) is 0.250.